The SMILES string of the molecule is CC(C(N)=S)N1CCN(c2nc3ccccc3o2)CC1. The van der Waals surface area contributed by atoms with Crippen molar-refractivity contribution >= 4 is 34.3 Å². The maximum atomic E-state index is 5.80. The van der Waals surface area contributed by atoms with Crippen molar-refractivity contribution in [2.75, 3.05) is 31.1 Å². The van der Waals surface area contributed by atoms with E-state index in [1.807, 2.05) is 24.3 Å². The second-order valence-corrected chi connectivity index (χ2v) is 5.54. The lowest BCUT2D eigenvalue weighted by Crippen LogP contribution is -2.52. The van der Waals surface area contributed by atoms with Crippen LogP contribution in [-0.2, 0) is 0 Å². The molecule has 1 atom stereocenters. The predicted octanol–water partition coefficient (Wildman–Crippen LogP) is 1.62. The number of benzene rings is 1. The summed E-state index contributed by atoms with van der Waals surface area (Å²) >= 11 is 5.06. The van der Waals surface area contributed by atoms with Crippen LogP contribution >= 0.6 is 12.2 Å². The molecule has 2 heterocycles. The summed E-state index contributed by atoms with van der Waals surface area (Å²) in [5.74, 6) is 0. The van der Waals surface area contributed by atoms with Gasteiger partial charge >= 0.3 is 0 Å². The van der Waals surface area contributed by atoms with Crippen molar-refractivity contribution in [1.29, 1.82) is 0 Å². The number of anilines is 1. The van der Waals surface area contributed by atoms with Crippen molar-refractivity contribution in [1.82, 2.24) is 9.88 Å². The minimum atomic E-state index is 0.149. The van der Waals surface area contributed by atoms with Crippen molar-refractivity contribution in [3.8, 4) is 0 Å². The molecule has 20 heavy (non-hydrogen) atoms. The van der Waals surface area contributed by atoms with Gasteiger partial charge in [0.15, 0.2) is 5.58 Å². The number of hydrogen-bond acceptors (Lipinski definition) is 5. The van der Waals surface area contributed by atoms with Crippen molar-refractivity contribution in [3.63, 3.8) is 0 Å². The molecule has 1 unspecified atom stereocenters. The Morgan fingerprint density at radius 3 is 2.65 bits per heavy atom. The van der Waals surface area contributed by atoms with Crippen LogP contribution in [0.3, 0.4) is 0 Å². The van der Waals surface area contributed by atoms with E-state index in [0.717, 1.165) is 37.3 Å². The minimum absolute atomic E-state index is 0.149. The number of fused-ring (bicyclic) bond motifs is 1. The van der Waals surface area contributed by atoms with Crippen molar-refractivity contribution in [3.05, 3.63) is 24.3 Å². The Bertz CT molecular complexity index is 585. The Balaban J connectivity index is 1.70. The summed E-state index contributed by atoms with van der Waals surface area (Å²) in [7, 11) is 0. The van der Waals surface area contributed by atoms with Gasteiger partial charge in [-0.15, -0.1) is 0 Å². The van der Waals surface area contributed by atoms with Crippen LogP contribution in [0.5, 0.6) is 0 Å². The third-order valence-corrected chi connectivity index (χ3v) is 4.17. The fourth-order valence-corrected chi connectivity index (χ4v) is 2.62. The van der Waals surface area contributed by atoms with Crippen LogP contribution in [0.4, 0.5) is 6.01 Å². The monoisotopic (exact) mass is 290 g/mol. The number of oxazole rings is 1. The second-order valence-electron chi connectivity index (χ2n) is 5.07. The molecule has 1 aromatic carbocycles. The molecular formula is C14H18N4OS. The fraction of sp³-hybridized carbons (Fsp3) is 0.429. The highest BCUT2D eigenvalue weighted by molar-refractivity contribution is 7.80. The highest BCUT2D eigenvalue weighted by Crippen LogP contribution is 2.22. The molecule has 2 aromatic rings. The van der Waals surface area contributed by atoms with Gasteiger partial charge in [0.2, 0.25) is 0 Å². The molecule has 106 valence electrons. The number of nitrogens with zero attached hydrogens (tertiary/aromatic N) is 3. The Hall–Kier alpha value is -1.66. The van der Waals surface area contributed by atoms with Crippen molar-refractivity contribution in [2.24, 2.45) is 5.73 Å². The highest BCUT2D eigenvalue weighted by atomic mass is 32.1. The first-order valence-corrected chi connectivity index (χ1v) is 7.20. The Kier molecular flexibility index (Phi) is 3.58. The largest absolute Gasteiger partial charge is 0.423 e. The van der Waals surface area contributed by atoms with E-state index >= 15 is 0 Å². The zero-order chi connectivity index (χ0) is 14.1. The summed E-state index contributed by atoms with van der Waals surface area (Å²) in [5, 5.41) is 0. The molecule has 0 aliphatic carbocycles. The Labute approximate surface area is 123 Å². The fourth-order valence-electron chi connectivity index (χ4n) is 2.48. The summed E-state index contributed by atoms with van der Waals surface area (Å²) in [6, 6.07) is 8.68. The lowest BCUT2D eigenvalue weighted by atomic mass is 10.2. The van der Waals surface area contributed by atoms with Gasteiger partial charge in [-0.2, -0.15) is 4.98 Å². The first kappa shape index (κ1) is 13.3. The molecule has 1 aliphatic rings. The number of para-hydroxylation sites is 2. The molecule has 1 saturated heterocycles. The number of rotatable bonds is 3. The van der Waals surface area contributed by atoms with Crippen LogP contribution in [0.1, 0.15) is 6.92 Å². The maximum Gasteiger partial charge on any atom is 0.298 e. The molecule has 1 aromatic heterocycles. The molecule has 0 bridgehead atoms. The first-order chi connectivity index (χ1) is 9.65. The molecule has 2 N–H and O–H groups in total. The smallest absolute Gasteiger partial charge is 0.298 e. The van der Waals surface area contributed by atoms with Gasteiger partial charge < -0.3 is 15.1 Å². The van der Waals surface area contributed by atoms with Gasteiger partial charge in [-0.05, 0) is 19.1 Å². The van der Waals surface area contributed by atoms with E-state index in [1.165, 1.54) is 0 Å². The van der Waals surface area contributed by atoms with E-state index in [9.17, 15) is 0 Å². The highest BCUT2D eigenvalue weighted by Gasteiger charge is 2.24. The first-order valence-electron chi connectivity index (χ1n) is 6.79. The summed E-state index contributed by atoms with van der Waals surface area (Å²) in [6.07, 6.45) is 0. The van der Waals surface area contributed by atoms with Gasteiger partial charge in [0.1, 0.15) is 5.52 Å². The van der Waals surface area contributed by atoms with Gasteiger partial charge in [0.25, 0.3) is 6.01 Å². The zero-order valence-corrected chi connectivity index (χ0v) is 12.3. The zero-order valence-electron chi connectivity index (χ0n) is 11.5. The lowest BCUT2D eigenvalue weighted by molar-refractivity contribution is 0.235. The molecule has 0 radical (unpaired) electrons. The van der Waals surface area contributed by atoms with Gasteiger partial charge in [0.05, 0.1) is 11.0 Å². The Morgan fingerprint density at radius 2 is 2.00 bits per heavy atom. The van der Waals surface area contributed by atoms with Crippen LogP contribution in [0, 0.1) is 0 Å². The predicted molar refractivity (Wildman–Crippen MR) is 84.0 cm³/mol. The van der Waals surface area contributed by atoms with Crippen LogP contribution < -0.4 is 10.6 Å². The van der Waals surface area contributed by atoms with Crippen LogP contribution in [-0.4, -0.2) is 47.1 Å². The number of thiocarbonyl (C=S) groups is 1. The van der Waals surface area contributed by atoms with Crippen LogP contribution in [0.15, 0.2) is 28.7 Å². The second kappa shape index (κ2) is 5.38. The van der Waals surface area contributed by atoms with Crippen molar-refractivity contribution in [2.45, 2.75) is 13.0 Å². The van der Waals surface area contributed by atoms with Crippen LogP contribution in [0.25, 0.3) is 11.1 Å². The summed E-state index contributed by atoms with van der Waals surface area (Å²) in [6.45, 7) is 5.63. The van der Waals surface area contributed by atoms with E-state index in [1.54, 1.807) is 0 Å². The Morgan fingerprint density at radius 1 is 1.30 bits per heavy atom. The van der Waals surface area contributed by atoms with Gasteiger partial charge in [-0.25, -0.2) is 0 Å². The molecule has 0 saturated carbocycles. The molecule has 1 fully saturated rings. The van der Waals surface area contributed by atoms with Crippen LogP contribution in [0.2, 0.25) is 0 Å². The summed E-state index contributed by atoms with van der Waals surface area (Å²) in [4.78, 5) is 9.55. The average Bonchev–Trinajstić information content (AvgIpc) is 2.90. The number of nitrogens with two attached hydrogens (primary N) is 1. The van der Waals surface area contributed by atoms with E-state index in [4.69, 9.17) is 22.4 Å². The number of aromatic nitrogens is 1. The molecular weight excluding hydrogens is 272 g/mol. The molecule has 0 spiro atoms. The third-order valence-electron chi connectivity index (χ3n) is 3.83. The third kappa shape index (κ3) is 2.48. The normalized spacial score (nSPS) is 18.4. The summed E-state index contributed by atoms with van der Waals surface area (Å²) in [5.41, 5.74) is 7.45. The van der Waals surface area contributed by atoms with E-state index in [2.05, 4.69) is 21.7 Å². The van der Waals surface area contributed by atoms with E-state index in [0.29, 0.717) is 11.0 Å². The quantitative estimate of drug-likeness (QED) is 0.867. The van der Waals surface area contributed by atoms with Gasteiger partial charge in [-0.1, -0.05) is 24.4 Å². The maximum absolute atomic E-state index is 5.80. The molecule has 0 amide bonds. The minimum Gasteiger partial charge on any atom is -0.423 e. The van der Waals surface area contributed by atoms with Gasteiger partial charge in [0, 0.05) is 26.2 Å². The number of hydrogen-bond donors (Lipinski definition) is 1. The standard InChI is InChI=1S/C14H18N4OS/c1-10(13(15)20)17-6-8-18(9-7-17)14-16-11-4-2-3-5-12(11)19-14/h2-5,10H,6-9H2,1H3,(H2,15,20). The topological polar surface area (TPSA) is 58.5 Å². The lowest BCUT2D eigenvalue weighted by Gasteiger charge is -2.36. The average molecular weight is 290 g/mol. The van der Waals surface area contributed by atoms with E-state index in [-0.39, 0.29) is 6.04 Å². The molecule has 1 aliphatic heterocycles. The molecule has 3 rings (SSSR count). The van der Waals surface area contributed by atoms with E-state index < -0.39 is 0 Å². The molecule has 5 nitrogen and oxygen atoms in total. The number of piperazine rings is 1. The molecule has 6 heteroatoms. The van der Waals surface area contributed by atoms with Crippen molar-refractivity contribution < 1.29 is 4.42 Å². The summed E-state index contributed by atoms with van der Waals surface area (Å²) < 4.78 is 5.80. The van der Waals surface area contributed by atoms with Gasteiger partial charge in [-0.3, -0.25) is 4.90 Å².